The molecule has 0 aliphatic rings. The first-order valence-corrected chi connectivity index (χ1v) is 5.20. The minimum absolute atomic E-state index is 0.0155. The number of carboxylic acid groups (broad SMARTS) is 1. The largest absolute Gasteiger partial charge is 0.481 e. The maximum Gasteiger partial charge on any atom is 0.303 e. The van der Waals surface area contributed by atoms with Gasteiger partial charge in [0.1, 0.15) is 4.84 Å². The molecular formula is C8H13Cl3O2. The number of halogens is 3. The van der Waals surface area contributed by atoms with Crippen molar-refractivity contribution in [2.24, 2.45) is 5.41 Å². The molecule has 2 nitrogen and oxygen atoms in total. The third kappa shape index (κ3) is 5.61. The third-order valence-electron chi connectivity index (χ3n) is 1.84. The lowest BCUT2D eigenvalue weighted by molar-refractivity contribution is -0.139. The van der Waals surface area contributed by atoms with Crippen molar-refractivity contribution in [2.45, 2.75) is 36.9 Å². The first-order valence-electron chi connectivity index (χ1n) is 3.89. The summed E-state index contributed by atoms with van der Waals surface area (Å²) in [7, 11) is 0. The van der Waals surface area contributed by atoms with Crippen LogP contribution in [0.1, 0.15) is 26.7 Å². The molecule has 0 bridgehead atoms. The standard InChI is InChI=1S/C8H13Cl3O2/c1-8(2,4-7(12)13)5(9)3-6(10)11/h5-6H,3-4H2,1-2H3,(H,12,13). The predicted molar refractivity (Wildman–Crippen MR) is 55.8 cm³/mol. The van der Waals surface area contributed by atoms with E-state index in [0.29, 0.717) is 6.42 Å². The lowest BCUT2D eigenvalue weighted by Gasteiger charge is -2.28. The third-order valence-corrected chi connectivity index (χ3v) is 2.97. The minimum Gasteiger partial charge on any atom is -0.481 e. The van der Waals surface area contributed by atoms with Gasteiger partial charge in [-0.3, -0.25) is 4.79 Å². The molecule has 0 aromatic carbocycles. The Hall–Kier alpha value is 0.340. The van der Waals surface area contributed by atoms with Gasteiger partial charge in [0.2, 0.25) is 0 Å². The molecule has 0 fully saturated rings. The zero-order valence-electron chi connectivity index (χ0n) is 7.56. The monoisotopic (exact) mass is 246 g/mol. The molecule has 0 rings (SSSR count). The highest BCUT2D eigenvalue weighted by Crippen LogP contribution is 2.33. The van der Waals surface area contributed by atoms with E-state index in [1.165, 1.54) is 0 Å². The van der Waals surface area contributed by atoms with Crippen LogP contribution in [0, 0.1) is 5.41 Å². The molecule has 1 N–H and O–H groups in total. The zero-order valence-corrected chi connectivity index (χ0v) is 9.83. The van der Waals surface area contributed by atoms with E-state index in [2.05, 4.69) is 0 Å². The Kier molecular flexibility index (Phi) is 5.42. The molecule has 0 spiro atoms. The molecule has 0 aromatic heterocycles. The lowest BCUT2D eigenvalue weighted by Crippen LogP contribution is -2.29. The quantitative estimate of drug-likeness (QED) is 0.757. The Morgan fingerprint density at radius 3 is 2.15 bits per heavy atom. The molecule has 0 amide bonds. The van der Waals surface area contributed by atoms with Crippen LogP contribution in [0.3, 0.4) is 0 Å². The number of carbonyl (C=O) groups is 1. The number of alkyl halides is 3. The van der Waals surface area contributed by atoms with E-state index in [1.54, 1.807) is 13.8 Å². The number of aliphatic carboxylic acids is 1. The summed E-state index contributed by atoms with van der Waals surface area (Å²) in [5.41, 5.74) is -0.491. The summed E-state index contributed by atoms with van der Waals surface area (Å²) in [6.07, 6.45) is 0.409. The van der Waals surface area contributed by atoms with Gasteiger partial charge in [0.25, 0.3) is 0 Å². The molecule has 0 aliphatic heterocycles. The second-order valence-electron chi connectivity index (χ2n) is 3.65. The Balaban J connectivity index is 4.17. The molecule has 78 valence electrons. The fraction of sp³-hybridized carbons (Fsp3) is 0.875. The van der Waals surface area contributed by atoms with Crippen molar-refractivity contribution in [3.63, 3.8) is 0 Å². The molecule has 0 saturated heterocycles. The maximum atomic E-state index is 10.5. The first-order chi connectivity index (χ1) is 5.75. The van der Waals surface area contributed by atoms with E-state index >= 15 is 0 Å². The van der Waals surface area contributed by atoms with E-state index in [1.807, 2.05) is 0 Å². The lowest BCUT2D eigenvalue weighted by atomic mass is 9.84. The highest BCUT2D eigenvalue weighted by molar-refractivity contribution is 6.44. The summed E-state index contributed by atoms with van der Waals surface area (Å²) < 4.78 is 0. The van der Waals surface area contributed by atoms with Gasteiger partial charge in [-0.05, 0) is 11.8 Å². The molecule has 5 heteroatoms. The maximum absolute atomic E-state index is 10.5. The average molecular weight is 248 g/mol. The summed E-state index contributed by atoms with van der Waals surface area (Å²) in [6.45, 7) is 3.57. The number of carboxylic acids is 1. The van der Waals surface area contributed by atoms with Gasteiger partial charge >= 0.3 is 5.97 Å². The van der Waals surface area contributed by atoms with Crippen LogP contribution < -0.4 is 0 Å². The topological polar surface area (TPSA) is 37.3 Å². The van der Waals surface area contributed by atoms with E-state index in [4.69, 9.17) is 39.9 Å². The first kappa shape index (κ1) is 13.3. The van der Waals surface area contributed by atoms with Crippen molar-refractivity contribution in [1.29, 1.82) is 0 Å². The fourth-order valence-electron chi connectivity index (χ4n) is 0.976. The number of rotatable bonds is 5. The number of hydrogen-bond acceptors (Lipinski definition) is 1. The smallest absolute Gasteiger partial charge is 0.303 e. The van der Waals surface area contributed by atoms with Crippen molar-refractivity contribution in [2.75, 3.05) is 0 Å². The molecule has 13 heavy (non-hydrogen) atoms. The molecule has 1 unspecified atom stereocenters. The minimum atomic E-state index is -0.864. The van der Waals surface area contributed by atoms with E-state index in [0.717, 1.165) is 0 Å². The molecule has 0 heterocycles. The molecule has 1 atom stereocenters. The Bertz CT molecular complexity index is 180. The van der Waals surface area contributed by atoms with E-state index in [9.17, 15) is 4.79 Å². The van der Waals surface area contributed by atoms with Gasteiger partial charge in [0.15, 0.2) is 0 Å². The molecule has 0 aliphatic carbocycles. The Morgan fingerprint density at radius 2 is 1.85 bits per heavy atom. The molecular weight excluding hydrogens is 234 g/mol. The highest BCUT2D eigenvalue weighted by Gasteiger charge is 2.31. The summed E-state index contributed by atoms with van der Waals surface area (Å²) in [5, 5.41) is 8.28. The second kappa shape index (κ2) is 5.28. The van der Waals surface area contributed by atoms with Crippen molar-refractivity contribution in [3.8, 4) is 0 Å². The molecule has 0 radical (unpaired) electrons. The van der Waals surface area contributed by atoms with Gasteiger partial charge in [-0.1, -0.05) is 13.8 Å². The van der Waals surface area contributed by atoms with E-state index < -0.39 is 16.2 Å². The zero-order chi connectivity index (χ0) is 10.6. The fourth-order valence-corrected chi connectivity index (χ4v) is 1.77. The summed E-state index contributed by atoms with van der Waals surface area (Å²) >= 11 is 17.1. The summed E-state index contributed by atoms with van der Waals surface area (Å²) in [4.78, 5) is 9.93. The predicted octanol–water partition coefficient (Wildman–Crippen LogP) is 3.29. The number of hydrogen-bond donors (Lipinski definition) is 1. The van der Waals surface area contributed by atoms with E-state index in [-0.39, 0.29) is 11.8 Å². The van der Waals surface area contributed by atoms with Crippen LogP contribution in [0.15, 0.2) is 0 Å². The highest BCUT2D eigenvalue weighted by atomic mass is 35.5. The van der Waals surface area contributed by atoms with Crippen LogP contribution in [-0.2, 0) is 4.79 Å². The van der Waals surface area contributed by atoms with Gasteiger partial charge in [0, 0.05) is 5.38 Å². The van der Waals surface area contributed by atoms with Crippen molar-refractivity contribution in [3.05, 3.63) is 0 Å². The van der Waals surface area contributed by atoms with Crippen molar-refractivity contribution < 1.29 is 9.90 Å². The van der Waals surface area contributed by atoms with Crippen LogP contribution in [0.2, 0.25) is 0 Å². The SMILES string of the molecule is CC(C)(CC(=O)O)C(Cl)CC(Cl)Cl. The summed E-state index contributed by atoms with van der Waals surface area (Å²) in [6, 6.07) is 0. The van der Waals surface area contributed by atoms with Crippen molar-refractivity contribution in [1.82, 2.24) is 0 Å². The average Bonchev–Trinajstić information content (AvgIpc) is 1.81. The van der Waals surface area contributed by atoms with Gasteiger partial charge in [-0.25, -0.2) is 0 Å². The van der Waals surface area contributed by atoms with Gasteiger partial charge in [-0.2, -0.15) is 0 Å². The molecule has 0 aromatic rings. The van der Waals surface area contributed by atoms with Crippen LogP contribution >= 0.6 is 34.8 Å². The Morgan fingerprint density at radius 1 is 1.38 bits per heavy atom. The normalized spacial score (nSPS) is 14.6. The van der Waals surface area contributed by atoms with Crippen LogP contribution in [-0.4, -0.2) is 21.3 Å². The van der Waals surface area contributed by atoms with Crippen LogP contribution in [0.5, 0.6) is 0 Å². The molecule has 0 saturated carbocycles. The van der Waals surface area contributed by atoms with Crippen LogP contribution in [0.25, 0.3) is 0 Å². The van der Waals surface area contributed by atoms with Gasteiger partial charge in [0.05, 0.1) is 6.42 Å². The van der Waals surface area contributed by atoms with Crippen LogP contribution in [0.4, 0.5) is 0 Å². The Labute approximate surface area is 93.2 Å². The van der Waals surface area contributed by atoms with Gasteiger partial charge in [-0.15, -0.1) is 34.8 Å². The summed E-state index contributed by atoms with van der Waals surface area (Å²) in [5.74, 6) is -0.864. The van der Waals surface area contributed by atoms with Gasteiger partial charge < -0.3 is 5.11 Å². The second-order valence-corrected chi connectivity index (χ2v) is 5.46. The van der Waals surface area contributed by atoms with Crippen molar-refractivity contribution >= 4 is 40.8 Å².